The fourth-order valence-electron chi connectivity index (χ4n) is 1.53. The molecule has 0 heterocycles. The largest absolute Gasteiger partial charge is 0.377 e. The van der Waals surface area contributed by atoms with E-state index < -0.39 is 0 Å². The average Bonchev–Trinajstić information content (AvgIpc) is 2.21. The van der Waals surface area contributed by atoms with Crippen LogP contribution in [0.3, 0.4) is 0 Å². The van der Waals surface area contributed by atoms with Crippen LogP contribution in [0.15, 0.2) is 18.2 Å². The van der Waals surface area contributed by atoms with Gasteiger partial charge in [0.2, 0.25) is 0 Å². The summed E-state index contributed by atoms with van der Waals surface area (Å²) in [7, 11) is 1.92. The molecule has 2 nitrogen and oxygen atoms in total. The molecule has 0 aliphatic rings. The van der Waals surface area contributed by atoms with Crippen LogP contribution in [-0.4, -0.2) is 19.8 Å². The van der Waals surface area contributed by atoms with Crippen LogP contribution in [-0.2, 0) is 4.74 Å². The highest BCUT2D eigenvalue weighted by atomic mass is 35.5. The van der Waals surface area contributed by atoms with Crippen molar-refractivity contribution in [1.82, 2.24) is 5.32 Å². The first-order chi connectivity index (χ1) is 7.54. The summed E-state index contributed by atoms with van der Waals surface area (Å²) in [6, 6.07) is 6.26. The van der Waals surface area contributed by atoms with E-state index in [9.17, 15) is 0 Å². The van der Waals surface area contributed by atoms with Crippen LogP contribution in [0.2, 0.25) is 5.02 Å². The lowest BCUT2D eigenvalue weighted by atomic mass is 10.1. The SMILES string of the molecule is CNC(COC(C)C)c1ccc(C)cc1Cl. The first kappa shape index (κ1) is 13.5. The van der Waals surface area contributed by atoms with Gasteiger partial charge >= 0.3 is 0 Å². The molecule has 0 aliphatic heterocycles. The molecule has 1 rings (SSSR count). The Hall–Kier alpha value is -0.570. The van der Waals surface area contributed by atoms with Crippen molar-refractivity contribution in [2.75, 3.05) is 13.7 Å². The first-order valence-corrected chi connectivity index (χ1v) is 5.97. The highest BCUT2D eigenvalue weighted by Gasteiger charge is 2.13. The molecule has 1 atom stereocenters. The van der Waals surface area contributed by atoms with E-state index in [1.54, 1.807) is 0 Å². The molecule has 0 aliphatic carbocycles. The topological polar surface area (TPSA) is 21.3 Å². The van der Waals surface area contributed by atoms with Crippen molar-refractivity contribution in [2.24, 2.45) is 0 Å². The van der Waals surface area contributed by atoms with Gasteiger partial charge in [0.1, 0.15) is 0 Å². The maximum atomic E-state index is 6.22. The highest BCUT2D eigenvalue weighted by molar-refractivity contribution is 6.31. The Bertz CT molecular complexity index is 339. The molecule has 1 N–H and O–H groups in total. The van der Waals surface area contributed by atoms with E-state index in [1.165, 1.54) is 5.56 Å². The quantitative estimate of drug-likeness (QED) is 0.854. The van der Waals surface area contributed by atoms with Gasteiger partial charge in [0.25, 0.3) is 0 Å². The zero-order chi connectivity index (χ0) is 12.1. The number of benzene rings is 1. The molecule has 0 aromatic heterocycles. The number of ether oxygens (including phenoxy) is 1. The fourth-order valence-corrected chi connectivity index (χ4v) is 1.90. The van der Waals surface area contributed by atoms with Crippen LogP contribution in [0.25, 0.3) is 0 Å². The molecule has 0 radical (unpaired) electrons. The molecule has 1 aromatic carbocycles. The van der Waals surface area contributed by atoms with Crippen LogP contribution in [0.1, 0.15) is 31.0 Å². The summed E-state index contributed by atoms with van der Waals surface area (Å²) in [5.41, 5.74) is 2.27. The predicted octanol–water partition coefficient (Wildman–Crippen LogP) is 3.33. The molecule has 1 aromatic rings. The van der Waals surface area contributed by atoms with Crippen LogP contribution in [0.5, 0.6) is 0 Å². The number of likely N-dealkylation sites (N-methyl/N-ethyl adjacent to an activating group) is 1. The van der Waals surface area contributed by atoms with Gasteiger partial charge in [0, 0.05) is 5.02 Å². The summed E-state index contributed by atoms with van der Waals surface area (Å²) < 4.78 is 5.61. The third-order valence-corrected chi connectivity index (χ3v) is 2.80. The van der Waals surface area contributed by atoms with Gasteiger partial charge < -0.3 is 10.1 Å². The van der Waals surface area contributed by atoms with Crippen molar-refractivity contribution in [3.8, 4) is 0 Å². The average molecular weight is 242 g/mol. The van der Waals surface area contributed by atoms with Crippen LogP contribution in [0, 0.1) is 6.92 Å². The molecule has 0 saturated carbocycles. The smallest absolute Gasteiger partial charge is 0.0665 e. The Morgan fingerprint density at radius 2 is 2.06 bits per heavy atom. The normalized spacial score (nSPS) is 13.1. The van der Waals surface area contributed by atoms with Crippen molar-refractivity contribution in [1.29, 1.82) is 0 Å². The number of halogens is 1. The molecule has 0 amide bonds. The summed E-state index contributed by atoms with van der Waals surface area (Å²) >= 11 is 6.22. The molecule has 1 unspecified atom stereocenters. The van der Waals surface area contributed by atoms with Gasteiger partial charge in [-0.05, 0) is 45.0 Å². The van der Waals surface area contributed by atoms with E-state index in [4.69, 9.17) is 16.3 Å². The lowest BCUT2D eigenvalue weighted by Gasteiger charge is -2.19. The van der Waals surface area contributed by atoms with E-state index in [0.29, 0.717) is 6.61 Å². The number of hydrogen-bond acceptors (Lipinski definition) is 2. The Kier molecular flexibility index (Phi) is 5.26. The minimum atomic E-state index is 0.149. The minimum absolute atomic E-state index is 0.149. The number of rotatable bonds is 5. The van der Waals surface area contributed by atoms with Crippen LogP contribution in [0.4, 0.5) is 0 Å². The van der Waals surface area contributed by atoms with Crippen molar-refractivity contribution in [3.63, 3.8) is 0 Å². The van der Waals surface area contributed by atoms with Crippen LogP contribution < -0.4 is 5.32 Å². The van der Waals surface area contributed by atoms with Crippen molar-refractivity contribution >= 4 is 11.6 Å². The van der Waals surface area contributed by atoms with Gasteiger partial charge in [0.15, 0.2) is 0 Å². The number of hydrogen-bond donors (Lipinski definition) is 1. The molecule has 90 valence electrons. The molecule has 0 bridgehead atoms. The standard InChI is InChI=1S/C13H20ClNO/c1-9(2)16-8-13(15-4)11-6-5-10(3)7-12(11)14/h5-7,9,13,15H,8H2,1-4H3. The first-order valence-electron chi connectivity index (χ1n) is 5.59. The van der Waals surface area contributed by atoms with Gasteiger partial charge in [0.05, 0.1) is 18.8 Å². The maximum absolute atomic E-state index is 6.22. The Balaban J connectivity index is 2.78. The third-order valence-electron chi connectivity index (χ3n) is 2.48. The monoisotopic (exact) mass is 241 g/mol. The molecular weight excluding hydrogens is 222 g/mol. The second-order valence-electron chi connectivity index (χ2n) is 4.25. The lowest BCUT2D eigenvalue weighted by molar-refractivity contribution is 0.0626. The Morgan fingerprint density at radius 1 is 1.38 bits per heavy atom. The summed E-state index contributed by atoms with van der Waals surface area (Å²) in [6.45, 7) is 6.73. The molecule has 16 heavy (non-hydrogen) atoms. The lowest BCUT2D eigenvalue weighted by Crippen LogP contribution is -2.23. The zero-order valence-electron chi connectivity index (χ0n) is 10.4. The van der Waals surface area contributed by atoms with Gasteiger partial charge in [-0.1, -0.05) is 23.7 Å². The van der Waals surface area contributed by atoms with Crippen LogP contribution >= 0.6 is 11.6 Å². The number of nitrogens with one attached hydrogen (secondary N) is 1. The maximum Gasteiger partial charge on any atom is 0.0665 e. The predicted molar refractivity (Wildman–Crippen MR) is 69.1 cm³/mol. The minimum Gasteiger partial charge on any atom is -0.377 e. The van der Waals surface area contributed by atoms with Crippen molar-refractivity contribution in [3.05, 3.63) is 34.3 Å². The summed E-state index contributed by atoms with van der Waals surface area (Å²) in [4.78, 5) is 0. The van der Waals surface area contributed by atoms with E-state index in [2.05, 4.69) is 17.4 Å². The van der Waals surface area contributed by atoms with Gasteiger partial charge in [-0.2, -0.15) is 0 Å². The zero-order valence-corrected chi connectivity index (χ0v) is 11.1. The van der Waals surface area contributed by atoms with E-state index in [0.717, 1.165) is 10.6 Å². The molecule has 0 fully saturated rings. The second kappa shape index (κ2) is 6.24. The fraction of sp³-hybridized carbons (Fsp3) is 0.538. The van der Waals surface area contributed by atoms with Gasteiger partial charge in [-0.15, -0.1) is 0 Å². The van der Waals surface area contributed by atoms with Crippen molar-refractivity contribution in [2.45, 2.75) is 32.9 Å². The van der Waals surface area contributed by atoms with Crippen molar-refractivity contribution < 1.29 is 4.74 Å². The Morgan fingerprint density at radius 3 is 2.56 bits per heavy atom. The highest BCUT2D eigenvalue weighted by Crippen LogP contribution is 2.24. The summed E-state index contributed by atoms with van der Waals surface area (Å²) in [5.74, 6) is 0. The molecule has 0 spiro atoms. The van der Waals surface area contributed by atoms with E-state index in [-0.39, 0.29) is 12.1 Å². The van der Waals surface area contributed by atoms with Gasteiger partial charge in [-0.3, -0.25) is 0 Å². The van der Waals surface area contributed by atoms with E-state index >= 15 is 0 Å². The number of aryl methyl sites for hydroxylation is 1. The van der Waals surface area contributed by atoms with Gasteiger partial charge in [-0.25, -0.2) is 0 Å². The third kappa shape index (κ3) is 3.78. The molecule has 0 saturated heterocycles. The molecular formula is C13H20ClNO. The molecule has 3 heteroatoms. The Labute approximate surface area is 103 Å². The summed E-state index contributed by atoms with van der Waals surface area (Å²) in [6.07, 6.45) is 0.236. The summed E-state index contributed by atoms with van der Waals surface area (Å²) in [5, 5.41) is 4.02. The second-order valence-corrected chi connectivity index (χ2v) is 4.66. The van der Waals surface area contributed by atoms with E-state index in [1.807, 2.05) is 33.9 Å².